The lowest BCUT2D eigenvalue weighted by molar-refractivity contribution is -0.384. The third-order valence-electron chi connectivity index (χ3n) is 2.91. The van der Waals surface area contributed by atoms with Gasteiger partial charge >= 0.3 is 0 Å². The van der Waals surface area contributed by atoms with E-state index in [4.69, 9.17) is 9.52 Å². The van der Waals surface area contributed by atoms with Crippen molar-refractivity contribution in [1.82, 2.24) is 4.98 Å². The minimum atomic E-state index is -0.464. The third-order valence-corrected chi connectivity index (χ3v) is 2.91. The summed E-state index contributed by atoms with van der Waals surface area (Å²) in [6.07, 6.45) is 0. The molecular formula is C14H9N2O4. The lowest BCUT2D eigenvalue weighted by atomic mass is 10.2. The van der Waals surface area contributed by atoms with Crippen LogP contribution in [0.25, 0.3) is 22.6 Å². The third kappa shape index (κ3) is 2.02. The van der Waals surface area contributed by atoms with Crippen LogP contribution in [-0.4, -0.2) is 15.0 Å². The first kappa shape index (κ1) is 12.3. The highest BCUT2D eigenvalue weighted by Gasteiger charge is 2.12. The molecule has 0 aliphatic carbocycles. The summed E-state index contributed by atoms with van der Waals surface area (Å²) in [6.45, 7) is 0.963. The smallest absolute Gasteiger partial charge is 0.269 e. The van der Waals surface area contributed by atoms with Crippen LogP contribution >= 0.6 is 0 Å². The fourth-order valence-corrected chi connectivity index (χ4v) is 1.92. The van der Waals surface area contributed by atoms with Crippen LogP contribution in [0, 0.1) is 16.7 Å². The summed E-state index contributed by atoms with van der Waals surface area (Å²) in [5.41, 5.74) is 2.29. The Balaban J connectivity index is 2.08. The van der Waals surface area contributed by atoms with E-state index in [1.165, 1.54) is 12.1 Å². The number of nitrogens with zero attached hydrogens (tertiary/aromatic N) is 2. The van der Waals surface area contributed by atoms with Gasteiger partial charge in [-0.05, 0) is 18.2 Å². The van der Waals surface area contributed by atoms with Gasteiger partial charge in [-0.3, -0.25) is 10.1 Å². The van der Waals surface area contributed by atoms with Gasteiger partial charge in [0, 0.05) is 23.3 Å². The summed E-state index contributed by atoms with van der Waals surface area (Å²) >= 11 is 0. The van der Waals surface area contributed by atoms with Gasteiger partial charge in [0.25, 0.3) is 5.69 Å². The van der Waals surface area contributed by atoms with Crippen LogP contribution in [0.2, 0.25) is 0 Å². The Morgan fingerprint density at radius 3 is 2.60 bits per heavy atom. The molecule has 1 heterocycles. The van der Waals surface area contributed by atoms with E-state index in [-0.39, 0.29) is 5.69 Å². The second-order valence-electron chi connectivity index (χ2n) is 4.15. The van der Waals surface area contributed by atoms with Gasteiger partial charge < -0.3 is 9.52 Å². The highest BCUT2D eigenvalue weighted by Crippen LogP contribution is 2.27. The molecule has 3 rings (SSSR count). The number of fused-ring (bicyclic) bond motifs is 1. The fourth-order valence-electron chi connectivity index (χ4n) is 1.92. The van der Waals surface area contributed by atoms with Gasteiger partial charge in [0.2, 0.25) is 5.89 Å². The first-order valence-electron chi connectivity index (χ1n) is 5.81. The van der Waals surface area contributed by atoms with Crippen LogP contribution in [0.1, 0.15) is 5.56 Å². The molecule has 0 aliphatic heterocycles. The van der Waals surface area contributed by atoms with E-state index in [0.29, 0.717) is 28.1 Å². The zero-order valence-corrected chi connectivity index (χ0v) is 10.2. The number of aliphatic hydroxyl groups excluding tert-OH is 1. The number of nitro benzene ring substituents is 1. The van der Waals surface area contributed by atoms with Crippen molar-refractivity contribution in [3.8, 4) is 11.5 Å². The van der Waals surface area contributed by atoms with E-state index < -0.39 is 4.92 Å². The minimum absolute atomic E-state index is 0.00856. The molecule has 0 aliphatic rings. The zero-order valence-electron chi connectivity index (χ0n) is 10.2. The van der Waals surface area contributed by atoms with Gasteiger partial charge in [-0.25, -0.2) is 4.98 Å². The van der Waals surface area contributed by atoms with E-state index >= 15 is 0 Å². The Morgan fingerprint density at radius 2 is 1.95 bits per heavy atom. The number of rotatable bonds is 3. The van der Waals surface area contributed by atoms with Crippen LogP contribution < -0.4 is 0 Å². The first-order valence-corrected chi connectivity index (χ1v) is 5.81. The first-order chi connectivity index (χ1) is 9.69. The van der Waals surface area contributed by atoms with Gasteiger partial charge in [-0.15, -0.1) is 0 Å². The van der Waals surface area contributed by atoms with Crippen LogP contribution in [-0.2, 0) is 0 Å². The summed E-state index contributed by atoms with van der Waals surface area (Å²) in [5.74, 6) is 0.351. The van der Waals surface area contributed by atoms with Crippen molar-refractivity contribution in [1.29, 1.82) is 0 Å². The van der Waals surface area contributed by atoms with Crippen molar-refractivity contribution in [2.75, 3.05) is 0 Å². The van der Waals surface area contributed by atoms with Crippen LogP contribution in [0.3, 0.4) is 0 Å². The number of hydrogen-bond acceptors (Lipinski definition) is 5. The molecule has 0 fully saturated rings. The SMILES string of the molecule is O=[N+]([O-])c1ccc(-c2nc3c([CH]O)cccc3o2)cc1. The van der Waals surface area contributed by atoms with Crippen LogP contribution in [0.4, 0.5) is 5.69 Å². The standard InChI is InChI=1S/C14H9N2O4/c17-8-10-2-1-3-12-13(10)15-14(20-12)9-4-6-11(7-5-9)16(18)19/h1-8,17H. The Hall–Kier alpha value is -2.73. The molecule has 0 bridgehead atoms. The summed E-state index contributed by atoms with van der Waals surface area (Å²) in [5, 5.41) is 19.7. The summed E-state index contributed by atoms with van der Waals surface area (Å²) in [7, 11) is 0. The Labute approximate surface area is 113 Å². The highest BCUT2D eigenvalue weighted by atomic mass is 16.6. The molecule has 0 amide bonds. The fraction of sp³-hybridized carbons (Fsp3) is 0. The molecular weight excluding hydrogens is 260 g/mol. The minimum Gasteiger partial charge on any atom is -0.436 e. The number of nitro groups is 1. The lowest BCUT2D eigenvalue weighted by Crippen LogP contribution is -1.87. The molecule has 2 aromatic carbocycles. The quantitative estimate of drug-likeness (QED) is 0.582. The summed E-state index contributed by atoms with van der Waals surface area (Å²) < 4.78 is 5.58. The van der Waals surface area contributed by atoms with Crippen molar-refractivity contribution in [3.63, 3.8) is 0 Å². The maximum absolute atomic E-state index is 10.6. The summed E-state index contributed by atoms with van der Waals surface area (Å²) in [6, 6.07) is 11.1. The second-order valence-corrected chi connectivity index (χ2v) is 4.15. The van der Waals surface area contributed by atoms with Gasteiger partial charge in [0.1, 0.15) is 12.1 Å². The average Bonchev–Trinajstić information content (AvgIpc) is 2.91. The molecule has 0 saturated heterocycles. The molecule has 1 N–H and O–H groups in total. The van der Waals surface area contributed by atoms with Crippen molar-refractivity contribution < 1.29 is 14.4 Å². The van der Waals surface area contributed by atoms with E-state index in [1.54, 1.807) is 30.3 Å². The Bertz CT molecular complexity index is 777. The molecule has 1 aromatic heterocycles. The molecule has 6 heteroatoms. The van der Waals surface area contributed by atoms with E-state index in [9.17, 15) is 10.1 Å². The van der Waals surface area contributed by atoms with Crippen LogP contribution in [0.15, 0.2) is 46.9 Å². The van der Waals surface area contributed by atoms with Gasteiger partial charge in [0.05, 0.1) is 4.92 Å². The van der Waals surface area contributed by atoms with Gasteiger partial charge in [-0.1, -0.05) is 12.1 Å². The lowest BCUT2D eigenvalue weighted by Gasteiger charge is -1.94. The largest absolute Gasteiger partial charge is 0.436 e. The second kappa shape index (κ2) is 4.75. The number of aromatic nitrogens is 1. The molecule has 20 heavy (non-hydrogen) atoms. The average molecular weight is 269 g/mol. The molecule has 6 nitrogen and oxygen atoms in total. The number of oxazole rings is 1. The Kier molecular flexibility index (Phi) is 2.92. The molecule has 0 saturated carbocycles. The predicted molar refractivity (Wildman–Crippen MR) is 71.4 cm³/mol. The van der Waals surface area contributed by atoms with Crippen LogP contribution in [0.5, 0.6) is 0 Å². The molecule has 0 unspecified atom stereocenters. The molecule has 1 radical (unpaired) electrons. The van der Waals surface area contributed by atoms with Gasteiger partial charge in [0.15, 0.2) is 5.58 Å². The monoisotopic (exact) mass is 269 g/mol. The number of hydrogen-bond donors (Lipinski definition) is 1. The van der Waals surface area contributed by atoms with E-state index in [1.807, 2.05) is 0 Å². The van der Waals surface area contributed by atoms with Crippen molar-refractivity contribution >= 4 is 16.8 Å². The summed E-state index contributed by atoms with van der Waals surface area (Å²) in [4.78, 5) is 14.4. The maximum atomic E-state index is 10.6. The molecule has 3 aromatic rings. The Morgan fingerprint density at radius 1 is 1.20 bits per heavy atom. The molecule has 99 valence electrons. The van der Waals surface area contributed by atoms with Crippen molar-refractivity contribution in [3.05, 3.63) is 64.7 Å². The number of non-ortho nitro benzene ring substituents is 1. The number of aliphatic hydroxyl groups is 1. The predicted octanol–water partition coefficient (Wildman–Crippen LogP) is 3.29. The van der Waals surface area contributed by atoms with E-state index in [2.05, 4.69) is 4.98 Å². The normalized spacial score (nSPS) is 10.8. The van der Waals surface area contributed by atoms with Crippen molar-refractivity contribution in [2.45, 2.75) is 0 Å². The zero-order chi connectivity index (χ0) is 14.1. The molecule has 0 atom stereocenters. The molecule has 0 spiro atoms. The van der Waals surface area contributed by atoms with Crippen molar-refractivity contribution in [2.24, 2.45) is 0 Å². The van der Waals surface area contributed by atoms with Gasteiger partial charge in [-0.2, -0.15) is 0 Å². The van der Waals surface area contributed by atoms with E-state index in [0.717, 1.165) is 6.61 Å². The number of benzene rings is 2. The maximum Gasteiger partial charge on any atom is 0.269 e. The number of para-hydroxylation sites is 1. The highest BCUT2D eigenvalue weighted by molar-refractivity contribution is 5.80. The topological polar surface area (TPSA) is 89.4 Å².